The molecule has 0 aromatic rings. The Kier molecular flexibility index (Phi) is 7.67. The van der Waals surface area contributed by atoms with Crippen LogP contribution < -0.4 is 5.32 Å². The highest BCUT2D eigenvalue weighted by Gasteiger charge is 2.38. The maximum atomic E-state index is 12.4. The van der Waals surface area contributed by atoms with Crippen LogP contribution in [0, 0.1) is 0 Å². The SMILES string of the molecule is CCOC(=O)C(C)(CN(CC)C1CCCCC1)NC(C)C. The van der Waals surface area contributed by atoms with Crippen molar-refractivity contribution in [2.75, 3.05) is 19.7 Å². The van der Waals surface area contributed by atoms with E-state index in [1.807, 2.05) is 13.8 Å². The smallest absolute Gasteiger partial charge is 0.327 e. The molecule has 124 valence electrons. The number of hydrogen-bond donors (Lipinski definition) is 1. The molecule has 4 heteroatoms. The molecule has 21 heavy (non-hydrogen) atoms. The van der Waals surface area contributed by atoms with Crippen molar-refractivity contribution in [3.8, 4) is 0 Å². The van der Waals surface area contributed by atoms with Gasteiger partial charge in [-0.15, -0.1) is 0 Å². The minimum Gasteiger partial charge on any atom is -0.465 e. The van der Waals surface area contributed by atoms with E-state index in [-0.39, 0.29) is 12.0 Å². The number of ether oxygens (including phenoxy) is 1. The maximum absolute atomic E-state index is 12.4. The molecule has 0 aliphatic heterocycles. The summed E-state index contributed by atoms with van der Waals surface area (Å²) in [6, 6.07) is 0.871. The predicted octanol–water partition coefficient (Wildman–Crippen LogP) is 2.96. The van der Waals surface area contributed by atoms with E-state index in [9.17, 15) is 4.79 Å². The van der Waals surface area contributed by atoms with Crippen molar-refractivity contribution < 1.29 is 9.53 Å². The van der Waals surface area contributed by atoms with Gasteiger partial charge in [0, 0.05) is 18.6 Å². The van der Waals surface area contributed by atoms with Crippen LogP contribution in [0.4, 0.5) is 0 Å². The molecule has 0 heterocycles. The van der Waals surface area contributed by atoms with Crippen LogP contribution in [-0.2, 0) is 9.53 Å². The monoisotopic (exact) mass is 298 g/mol. The fourth-order valence-corrected chi connectivity index (χ4v) is 3.45. The van der Waals surface area contributed by atoms with Gasteiger partial charge in [-0.3, -0.25) is 15.0 Å². The molecule has 1 rings (SSSR count). The molecule has 1 aliphatic carbocycles. The third-order valence-corrected chi connectivity index (χ3v) is 4.35. The van der Waals surface area contributed by atoms with Crippen molar-refractivity contribution in [3.63, 3.8) is 0 Å². The minimum absolute atomic E-state index is 0.132. The van der Waals surface area contributed by atoms with E-state index in [0.717, 1.165) is 13.1 Å². The quantitative estimate of drug-likeness (QED) is 0.700. The highest BCUT2D eigenvalue weighted by molar-refractivity contribution is 5.80. The molecule has 4 nitrogen and oxygen atoms in total. The van der Waals surface area contributed by atoms with E-state index < -0.39 is 5.54 Å². The Morgan fingerprint density at radius 2 is 1.90 bits per heavy atom. The van der Waals surface area contributed by atoms with Gasteiger partial charge in [0.05, 0.1) is 6.61 Å². The van der Waals surface area contributed by atoms with Crippen LogP contribution in [0.2, 0.25) is 0 Å². The minimum atomic E-state index is -0.627. The van der Waals surface area contributed by atoms with Crippen LogP contribution in [0.15, 0.2) is 0 Å². The zero-order valence-electron chi connectivity index (χ0n) is 14.6. The number of nitrogens with zero attached hydrogens (tertiary/aromatic N) is 1. The van der Waals surface area contributed by atoms with Crippen LogP contribution >= 0.6 is 0 Å². The van der Waals surface area contributed by atoms with Crippen molar-refractivity contribution in [1.29, 1.82) is 0 Å². The Hall–Kier alpha value is -0.610. The molecule has 1 atom stereocenters. The zero-order chi connectivity index (χ0) is 15.9. The standard InChI is InChI=1S/C17H34N2O2/c1-6-19(15-11-9-8-10-12-15)13-17(5,18-14(3)4)16(20)21-7-2/h14-15,18H,6-13H2,1-5H3. The van der Waals surface area contributed by atoms with Gasteiger partial charge in [0.1, 0.15) is 5.54 Å². The first-order valence-electron chi connectivity index (χ1n) is 8.62. The summed E-state index contributed by atoms with van der Waals surface area (Å²) < 4.78 is 5.31. The molecule has 1 saturated carbocycles. The summed E-state index contributed by atoms with van der Waals surface area (Å²) in [7, 11) is 0. The second-order valence-corrected chi connectivity index (χ2v) is 6.71. The Morgan fingerprint density at radius 1 is 1.29 bits per heavy atom. The average Bonchev–Trinajstić information content (AvgIpc) is 2.45. The lowest BCUT2D eigenvalue weighted by molar-refractivity contribution is -0.152. The van der Waals surface area contributed by atoms with Crippen LogP contribution in [-0.4, -0.2) is 48.2 Å². The summed E-state index contributed by atoms with van der Waals surface area (Å²) >= 11 is 0. The number of likely N-dealkylation sites (N-methyl/N-ethyl adjacent to an activating group) is 1. The van der Waals surface area contributed by atoms with Gasteiger partial charge in [0.2, 0.25) is 0 Å². The summed E-state index contributed by atoms with van der Waals surface area (Å²) in [4.78, 5) is 14.9. The first-order chi connectivity index (χ1) is 9.92. The first-order valence-corrected chi connectivity index (χ1v) is 8.62. The molecule has 0 aromatic heterocycles. The topological polar surface area (TPSA) is 41.6 Å². The molecule has 0 amide bonds. The maximum Gasteiger partial charge on any atom is 0.327 e. The summed E-state index contributed by atoms with van der Waals surface area (Å²) in [5, 5.41) is 3.43. The molecule has 0 saturated heterocycles. The molecule has 0 bridgehead atoms. The van der Waals surface area contributed by atoms with E-state index in [4.69, 9.17) is 4.74 Å². The van der Waals surface area contributed by atoms with Gasteiger partial charge in [-0.2, -0.15) is 0 Å². The molecule has 1 N–H and O–H groups in total. The number of hydrogen-bond acceptors (Lipinski definition) is 4. The van der Waals surface area contributed by atoms with Crippen LogP contribution in [0.1, 0.15) is 66.7 Å². The molecule has 1 fully saturated rings. The molecular weight excluding hydrogens is 264 g/mol. The van der Waals surface area contributed by atoms with Crippen molar-refractivity contribution in [3.05, 3.63) is 0 Å². The molecule has 0 radical (unpaired) electrons. The number of carbonyl (C=O) groups excluding carboxylic acids is 1. The molecule has 0 aromatic carbocycles. The third kappa shape index (κ3) is 5.59. The van der Waals surface area contributed by atoms with Crippen molar-refractivity contribution in [1.82, 2.24) is 10.2 Å². The Morgan fingerprint density at radius 3 is 2.38 bits per heavy atom. The van der Waals surface area contributed by atoms with Crippen LogP contribution in [0.5, 0.6) is 0 Å². The van der Waals surface area contributed by atoms with E-state index in [2.05, 4.69) is 31.0 Å². The van der Waals surface area contributed by atoms with Crippen LogP contribution in [0.25, 0.3) is 0 Å². The number of rotatable bonds is 8. The lowest BCUT2D eigenvalue weighted by atomic mass is 9.92. The largest absolute Gasteiger partial charge is 0.465 e. The number of carbonyl (C=O) groups is 1. The predicted molar refractivity (Wildman–Crippen MR) is 87.4 cm³/mol. The van der Waals surface area contributed by atoms with Gasteiger partial charge in [-0.25, -0.2) is 0 Å². The van der Waals surface area contributed by atoms with E-state index >= 15 is 0 Å². The van der Waals surface area contributed by atoms with E-state index in [0.29, 0.717) is 12.6 Å². The lowest BCUT2D eigenvalue weighted by Crippen LogP contribution is -2.60. The third-order valence-electron chi connectivity index (χ3n) is 4.35. The van der Waals surface area contributed by atoms with Gasteiger partial charge in [-0.1, -0.05) is 26.2 Å². The Bertz CT molecular complexity index is 314. The zero-order valence-corrected chi connectivity index (χ0v) is 14.6. The second-order valence-electron chi connectivity index (χ2n) is 6.71. The molecular formula is C17H34N2O2. The summed E-state index contributed by atoms with van der Waals surface area (Å²) in [5.74, 6) is -0.132. The average molecular weight is 298 g/mol. The summed E-state index contributed by atoms with van der Waals surface area (Å²) in [6.45, 7) is 12.3. The second kappa shape index (κ2) is 8.74. The summed E-state index contributed by atoms with van der Waals surface area (Å²) in [6.07, 6.45) is 6.50. The number of nitrogens with one attached hydrogen (secondary N) is 1. The lowest BCUT2D eigenvalue weighted by Gasteiger charge is -2.40. The summed E-state index contributed by atoms with van der Waals surface area (Å²) in [5.41, 5.74) is -0.627. The van der Waals surface area contributed by atoms with E-state index in [1.54, 1.807) is 0 Å². The van der Waals surface area contributed by atoms with Gasteiger partial charge >= 0.3 is 5.97 Å². The first kappa shape index (κ1) is 18.4. The molecule has 0 spiro atoms. The Labute approximate surface area is 130 Å². The van der Waals surface area contributed by atoms with Crippen molar-refractivity contribution in [2.24, 2.45) is 0 Å². The van der Waals surface area contributed by atoms with Crippen molar-refractivity contribution in [2.45, 2.75) is 84.3 Å². The highest BCUT2D eigenvalue weighted by Crippen LogP contribution is 2.24. The molecule has 1 aliphatic rings. The molecule has 1 unspecified atom stereocenters. The van der Waals surface area contributed by atoms with Gasteiger partial charge in [0.25, 0.3) is 0 Å². The van der Waals surface area contributed by atoms with Crippen molar-refractivity contribution >= 4 is 5.97 Å². The fourth-order valence-electron chi connectivity index (χ4n) is 3.45. The fraction of sp³-hybridized carbons (Fsp3) is 0.941. The van der Waals surface area contributed by atoms with Crippen LogP contribution in [0.3, 0.4) is 0 Å². The van der Waals surface area contributed by atoms with Gasteiger partial charge in [-0.05, 0) is 47.1 Å². The number of esters is 1. The normalized spacial score (nSPS) is 19.8. The van der Waals surface area contributed by atoms with E-state index in [1.165, 1.54) is 32.1 Å². The van der Waals surface area contributed by atoms with Gasteiger partial charge in [0.15, 0.2) is 0 Å². The highest BCUT2D eigenvalue weighted by atomic mass is 16.5. The van der Waals surface area contributed by atoms with Gasteiger partial charge < -0.3 is 4.74 Å². The Balaban J connectivity index is 2.78.